The van der Waals surface area contributed by atoms with Crippen LogP contribution < -0.4 is 0 Å². The quantitative estimate of drug-likeness (QED) is 0.389. The summed E-state index contributed by atoms with van der Waals surface area (Å²) in [5, 5.41) is 1.21. The molecular weight excluding hydrogens is 401 g/mol. The average Bonchev–Trinajstić information content (AvgIpc) is 2.68. The number of hydrogen-bond acceptors (Lipinski definition) is 5. The van der Waals surface area contributed by atoms with E-state index in [2.05, 4.69) is 85.9 Å². The van der Waals surface area contributed by atoms with Crippen molar-refractivity contribution in [3.05, 3.63) is 71.8 Å². The molecule has 0 radical (unpaired) electrons. The molecule has 2 atom stereocenters. The van der Waals surface area contributed by atoms with E-state index in [9.17, 15) is 0 Å². The van der Waals surface area contributed by atoms with Gasteiger partial charge in [0.15, 0.2) is 0 Å². The van der Waals surface area contributed by atoms with Crippen molar-refractivity contribution in [1.29, 1.82) is 0 Å². The van der Waals surface area contributed by atoms with Crippen LogP contribution in [-0.4, -0.2) is 33.5 Å². The van der Waals surface area contributed by atoms with E-state index in [4.69, 9.17) is 0 Å². The predicted octanol–water partition coefficient (Wildman–Crippen LogP) is 6.18. The van der Waals surface area contributed by atoms with E-state index in [1.807, 2.05) is 35.3 Å². The van der Waals surface area contributed by atoms with Crippen LogP contribution in [0.4, 0.5) is 0 Å². The highest BCUT2D eigenvalue weighted by atomic mass is 32.2. The molecule has 2 rings (SSSR count). The fourth-order valence-corrected chi connectivity index (χ4v) is 7.15. The smallest absolute Gasteiger partial charge is 0.0229 e. The number of thiol groups is 2. The third-order valence-corrected chi connectivity index (χ3v) is 9.36. The molecule has 0 fully saturated rings. The summed E-state index contributed by atoms with van der Waals surface area (Å²) in [6.45, 7) is 0. The summed E-state index contributed by atoms with van der Waals surface area (Å²) in [5.41, 5.74) is 2.80. The van der Waals surface area contributed by atoms with Crippen molar-refractivity contribution in [3.63, 3.8) is 0 Å². The molecule has 25 heavy (non-hydrogen) atoms. The molecule has 0 aliphatic carbocycles. The molecule has 0 aliphatic rings. The second-order valence-corrected chi connectivity index (χ2v) is 10.1. The van der Waals surface area contributed by atoms with Gasteiger partial charge in [-0.25, -0.2) is 0 Å². The maximum atomic E-state index is 4.54. The Kier molecular flexibility index (Phi) is 11.5. The Morgan fingerprint density at radius 3 is 1.40 bits per heavy atom. The van der Waals surface area contributed by atoms with Crippen LogP contribution in [0.25, 0.3) is 0 Å². The molecule has 0 aromatic heterocycles. The zero-order valence-corrected chi connectivity index (χ0v) is 18.5. The SMILES string of the molecule is SCC(CSCC(CS)SCc1ccccc1)SCc1ccccc1. The highest BCUT2D eigenvalue weighted by Gasteiger charge is 2.12. The van der Waals surface area contributed by atoms with Gasteiger partial charge in [0.05, 0.1) is 0 Å². The highest BCUT2D eigenvalue weighted by Crippen LogP contribution is 2.26. The minimum absolute atomic E-state index is 0.605. The van der Waals surface area contributed by atoms with Gasteiger partial charge in [-0.05, 0) is 11.1 Å². The molecule has 2 unspecified atom stereocenters. The van der Waals surface area contributed by atoms with Crippen LogP contribution in [-0.2, 0) is 11.5 Å². The van der Waals surface area contributed by atoms with Gasteiger partial charge in [0, 0.05) is 45.0 Å². The summed E-state index contributed by atoms with van der Waals surface area (Å²) in [6, 6.07) is 21.4. The molecule has 0 N–H and O–H groups in total. The fourth-order valence-electron chi connectivity index (χ4n) is 2.21. The number of benzene rings is 2. The summed E-state index contributed by atoms with van der Waals surface area (Å²) in [6.07, 6.45) is 0. The first-order valence-corrected chi connectivity index (χ1v) is 12.9. The van der Waals surface area contributed by atoms with Crippen LogP contribution in [0.15, 0.2) is 60.7 Å². The Balaban J connectivity index is 1.65. The summed E-state index contributed by atoms with van der Waals surface area (Å²) in [4.78, 5) is 0. The van der Waals surface area contributed by atoms with E-state index in [-0.39, 0.29) is 0 Å². The normalized spacial score (nSPS) is 13.5. The van der Waals surface area contributed by atoms with Crippen LogP contribution >= 0.6 is 60.5 Å². The van der Waals surface area contributed by atoms with Crippen molar-refractivity contribution in [3.8, 4) is 0 Å². The zero-order chi connectivity index (χ0) is 17.7. The van der Waals surface area contributed by atoms with Gasteiger partial charge in [0.1, 0.15) is 0 Å². The lowest BCUT2D eigenvalue weighted by Gasteiger charge is -2.17. The van der Waals surface area contributed by atoms with E-state index in [1.54, 1.807) is 0 Å². The van der Waals surface area contributed by atoms with Gasteiger partial charge in [0.2, 0.25) is 0 Å². The van der Waals surface area contributed by atoms with Crippen molar-refractivity contribution in [2.45, 2.75) is 22.0 Å². The third-order valence-electron chi connectivity index (χ3n) is 3.67. The maximum absolute atomic E-state index is 4.54. The van der Waals surface area contributed by atoms with E-state index in [1.165, 1.54) is 11.1 Å². The van der Waals surface area contributed by atoms with Gasteiger partial charge in [-0.2, -0.15) is 60.5 Å². The first-order chi connectivity index (χ1) is 12.3. The Morgan fingerprint density at radius 1 is 0.640 bits per heavy atom. The molecule has 5 heteroatoms. The fraction of sp³-hybridized carbons (Fsp3) is 0.400. The summed E-state index contributed by atoms with van der Waals surface area (Å²) < 4.78 is 0. The van der Waals surface area contributed by atoms with E-state index in [0.717, 1.165) is 34.5 Å². The second kappa shape index (κ2) is 13.4. The summed E-state index contributed by atoms with van der Waals surface area (Å²) in [7, 11) is 0. The molecule has 0 heterocycles. The minimum Gasteiger partial charge on any atom is -0.178 e. The molecule has 136 valence electrons. The van der Waals surface area contributed by atoms with E-state index >= 15 is 0 Å². The van der Waals surface area contributed by atoms with Crippen molar-refractivity contribution in [2.24, 2.45) is 0 Å². The number of hydrogen-bond donors (Lipinski definition) is 2. The third kappa shape index (κ3) is 9.09. The number of thioether (sulfide) groups is 3. The topological polar surface area (TPSA) is 0 Å². The largest absolute Gasteiger partial charge is 0.178 e. The average molecular weight is 427 g/mol. The molecule has 0 spiro atoms. The monoisotopic (exact) mass is 426 g/mol. The van der Waals surface area contributed by atoms with Crippen LogP contribution in [0, 0.1) is 0 Å². The second-order valence-electron chi connectivity index (χ2n) is 5.74. The van der Waals surface area contributed by atoms with Gasteiger partial charge < -0.3 is 0 Å². The van der Waals surface area contributed by atoms with Crippen molar-refractivity contribution >= 4 is 60.5 Å². The molecule has 0 bridgehead atoms. The first-order valence-electron chi connectivity index (χ1n) is 8.42. The molecular formula is C20H26S5. The summed E-state index contributed by atoms with van der Waals surface area (Å²) >= 11 is 15.2. The maximum Gasteiger partial charge on any atom is 0.0229 e. The molecule has 0 aliphatic heterocycles. The van der Waals surface area contributed by atoms with Gasteiger partial charge in [-0.1, -0.05) is 60.7 Å². The van der Waals surface area contributed by atoms with Crippen molar-refractivity contribution in [1.82, 2.24) is 0 Å². The molecule has 2 aromatic rings. The van der Waals surface area contributed by atoms with Gasteiger partial charge in [0.25, 0.3) is 0 Å². The molecule has 0 saturated carbocycles. The lowest BCUT2D eigenvalue weighted by Crippen LogP contribution is -2.14. The van der Waals surface area contributed by atoms with Gasteiger partial charge in [-0.15, -0.1) is 0 Å². The Bertz CT molecular complexity index is 509. The Morgan fingerprint density at radius 2 is 1.04 bits per heavy atom. The molecule has 2 aromatic carbocycles. The van der Waals surface area contributed by atoms with Crippen molar-refractivity contribution < 1.29 is 0 Å². The highest BCUT2D eigenvalue weighted by molar-refractivity contribution is 8.05. The van der Waals surface area contributed by atoms with Crippen molar-refractivity contribution in [2.75, 3.05) is 23.0 Å². The van der Waals surface area contributed by atoms with Crippen LogP contribution in [0.1, 0.15) is 11.1 Å². The lowest BCUT2D eigenvalue weighted by molar-refractivity contribution is 1.11. The molecule has 0 saturated heterocycles. The first kappa shape index (κ1) is 21.5. The van der Waals surface area contributed by atoms with E-state index < -0.39 is 0 Å². The van der Waals surface area contributed by atoms with Gasteiger partial charge >= 0.3 is 0 Å². The van der Waals surface area contributed by atoms with Crippen LogP contribution in [0.2, 0.25) is 0 Å². The lowest BCUT2D eigenvalue weighted by atomic mass is 10.2. The Hall–Kier alpha value is 0.190. The summed E-state index contributed by atoms with van der Waals surface area (Å²) in [5.74, 6) is 6.35. The standard InChI is InChI=1S/C20H26S5/c21-11-19(24-13-17-7-3-1-4-8-17)15-23-16-20(12-22)25-14-18-9-5-2-6-10-18/h1-10,19-22H,11-16H2. The van der Waals surface area contributed by atoms with Crippen LogP contribution in [0.3, 0.4) is 0 Å². The molecule has 0 amide bonds. The molecule has 0 nitrogen and oxygen atoms in total. The van der Waals surface area contributed by atoms with Crippen LogP contribution in [0.5, 0.6) is 0 Å². The number of rotatable bonds is 12. The minimum atomic E-state index is 0.605. The Labute approximate surface area is 176 Å². The zero-order valence-electron chi connectivity index (χ0n) is 14.3. The van der Waals surface area contributed by atoms with E-state index in [0.29, 0.717) is 10.5 Å². The van der Waals surface area contributed by atoms with Gasteiger partial charge in [-0.3, -0.25) is 0 Å². The predicted molar refractivity (Wildman–Crippen MR) is 128 cm³/mol.